The Morgan fingerprint density at radius 1 is 1.65 bits per heavy atom. The quantitative estimate of drug-likeness (QED) is 0.461. The monoisotopic (exact) mass is 237 g/mol. The summed E-state index contributed by atoms with van der Waals surface area (Å²) >= 11 is 0. The van der Waals surface area contributed by atoms with E-state index in [1.807, 2.05) is 6.92 Å². The third-order valence-electron chi connectivity index (χ3n) is 1.98. The number of nitrogens with two attached hydrogens (primary N) is 1. The third kappa shape index (κ3) is 4.10. The molecule has 0 fully saturated rings. The third-order valence-corrected chi connectivity index (χ3v) is 1.98. The largest absolute Gasteiger partial charge is 0.491 e. The second-order valence-corrected chi connectivity index (χ2v) is 3.33. The van der Waals surface area contributed by atoms with E-state index in [-0.39, 0.29) is 11.5 Å². The highest BCUT2D eigenvalue weighted by Gasteiger charge is 2.10. The molecule has 0 saturated heterocycles. The molecule has 0 radical (unpaired) electrons. The molecule has 1 rings (SSSR count). The van der Waals surface area contributed by atoms with Crippen LogP contribution in [0.4, 0.5) is 4.79 Å². The summed E-state index contributed by atoms with van der Waals surface area (Å²) in [7, 11) is 0. The van der Waals surface area contributed by atoms with E-state index >= 15 is 0 Å². The van der Waals surface area contributed by atoms with E-state index in [0.29, 0.717) is 12.4 Å². The average molecular weight is 237 g/mol. The Morgan fingerprint density at radius 3 is 3.06 bits per heavy atom. The highest BCUT2D eigenvalue weighted by Crippen LogP contribution is 2.15. The summed E-state index contributed by atoms with van der Waals surface area (Å²) in [5.74, 6) is 0.285. The Morgan fingerprint density at radius 2 is 2.41 bits per heavy atom. The predicted octanol–water partition coefficient (Wildman–Crippen LogP) is 1.64. The maximum Gasteiger partial charge on any atom is 0.433 e. The number of aliphatic imine (C=N–C) groups is 1. The van der Waals surface area contributed by atoms with Crippen LogP contribution in [0, 0.1) is 0 Å². The number of hydrogen-bond donors (Lipinski definition) is 2. The number of amides is 1. The van der Waals surface area contributed by atoms with Gasteiger partial charge in [0, 0.05) is 6.20 Å². The first-order chi connectivity index (χ1) is 8.15. The number of hydrogen-bond acceptors (Lipinski definition) is 3. The lowest BCUT2D eigenvalue weighted by Gasteiger charge is -2.08. The molecule has 1 amide bonds. The van der Waals surface area contributed by atoms with E-state index in [2.05, 4.69) is 9.98 Å². The van der Waals surface area contributed by atoms with Gasteiger partial charge in [-0.3, -0.25) is 0 Å². The Bertz CT molecular complexity index is 418. The van der Waals surface area contributed by atoms with Crippen molar-refractivity contribution in [3.8, 4) is 5.75 Å². The fourth-order valence-corrected chi connectivity index (χ4v) is 1.18. The van der Waals surface area contributed by atoms with Crippen LogP contribution in [0.15, 0.2) is 23.3 Å². The number of unbranched alkanes of at least 4 members (excludes halogenated alkanes) is 1. The summed E-state index contributed by atoms with van der Waals surface area (Å²) in [6, 6.07) is 3.38. The van der Waals surface area contributed by atoms with Gasteiger partial charge in [-0.1, -0.05) is 13.3 Å². The van der Waals surface area contributed by atoms with Crippen molar-refractivity contribution in [3.63, 3.8) is 0 Å². The molecule has 0 aromatic carbocycles. The zero-order valence-corrected chi connectivity index (χ0v) is 9.59. The zero-order chi connectivity index (χ0) is 12.7. The highest BCUT2D eigenvalue weighted by atomic mass is 16.5. The molecule has 6 nitrogen and oxygen atoms in total. The van der Waals surface area contributed by atoms with Gasteiger partial charge in [0.05, 0.1) is 6.61 Å². The van der Waals surface area contributed by atoms with Crippen molar-refractivity contribution in [2.75, 3.05) is 6.61 Å². The van der Waals surface area contributed by atoms with E-state index in [0.717, 1.165) is 12.8 Å². The molecule has 3 N–H and O–H groups in total. The molecule has 0 unspecified atom stereocenters. The first-order valence-corrected chi connectivity index (χ1v) is 5.30. The van der Waals surface area contributed by atoms with Crippen molar-refractivity contribution < 1.29 is 14.6 Å². The van der Waals surface area contributed by atoms with Crippen LogP contribution in [0.25, 0.3) is 0 Å². The average Bonchev–Trinajstić information content (AvgIpc) is 2.29. The smallest absolute Gasteiger partial charge is 0.433 e. The molecule has 0 aliphatic heterocycles. The van der Waals surface area contributed by atoms with Gasteiger partial charge in [0.2, 0.25) is 0 Å². The molecule has 1 aromatic rings. The van der Waals surface area contributed by atoms with E-state index in [4.69, 9.17) is 15.6 Å². The molecular weight excluding hydrogens is 222 g/mol. The topological polar surface area (TPSA) is 97.8 Å². The molecule has 0 bridgehead atoms. The number of ether oxygens (including phenoxy) is 1. The molecule has 17 heavy (non-hydrogen) atoms. The normalized spacial score (nSPS) is 11.2. The molecule has 1 aromatic heterocycles. The van der Waals surface area contributed by atoms with Gasteiger partial charge >= 0.3 is 6.09 Å². The Kier molecular flexibility index (Phi) is 4.93. The summed E-state index contributed by atoms with van der Waals surface area (Å²) in [6.07, 6.45) is 2.07. The van der Waals surface area contributed by atoms with E-state index in [1.165, 1.54) is 6.20 Å². The second-order valence-electron chi connectivity index (χ2n) is 3.33. The van der Waals surface area contributed by atoms with Gasteiger partial charge in [0.1, 0.15) is 11.4 Å². The summed E-state index contributed by atoms with van der Waals surface area (Å²) in [6.45, 7) is 2.59. The van der Waals surface area contributed by atoms with Gasteiger partial charge in [-0.25, -0.2) is 9.78 Å². The predicted molar refractivity (Wildman–Crippen MR) is 63.4 cm³/mol. The van der Waals surface area contributed by atoms with Gasteiger partial charge in [-0.2, -0.15) is 4.99 Å². The fraction of sp³-hybridized carbons (Fsp3) is 0.364. The van der Waals surface area contributed by atoms with E-state index in [1.54, 1.807) is 12.1 Å². The maximum absolute atomic E-state index is 10.4. The molecular formula is C11H15N3O3. The number of amidine groups is 1. The van der Waals surface area contributed by atoms with Crippen LogP contribution < -0.4 is 10.5 Å². The van der Waals surface area contributed by atoms with Crippen LogP contribution in [0.1, 0.15) is 25.5 Å². The minimum absolute atomic E-state index is 0.162. The SMILES string of the molecule is CCCCOc1cccnc1C(N)=NC(=O)O. The van der Waals surface area contributed by atoms with Crippen molar-refractivity contribution in [3.05, 3.63) is 24.0 Å². The number of nitrogens with zero attached hydrogens (tertiary/aromatic N) is 2. The lowest BCUT2D eigenvalue weighted by Crippen LogP contribution is -2.18. The fourth-order valence-electron chi connectivity index (χ4n) is 1.18. The number of rotatable bonds is 5. The van der Waals surface area contributed by atoms with Crippen LogP contribution in [-0.2, 0) is 0 Å². The molecule has 6 heteroatoms. The number of carboxylic acid groups (broad SMARTS) is 1. The summed E-state index contributed by atoms with van der Waals surface area (Å²) in [4.78, 5) is 17.6. The standard InChI is InChI=1S/C11H15N3O3/c1-2-3-7-17-8-5-4-6-13-9(8)10(12)14-11(15)16/h4-6H,2-3,7H2,1H3,(H2,12,14)(H,15,16). The first kappa shape index (κ1) is 13.0. The van der Waals surface area contributed by atoms with Crippen molar-refractivity contribution in [1.82, 2.24) is 4.98 Å². The van der Waals surface area contributed by atoms with Gasteiger partial charge in [0.25, 0.3) is 0 Å². The Labute approximate surface area is 99.1 Å². The van der Waals surface area contributed by atoms with Crippen LogP contribution in [0.5, 0.6) is 5.75 Å². The van der Waals surface area contributed by atoms with E-state index in [9.17, 15) is 4.79 Å². The van der Waals surface area contributed by atoms with Gasteiger partial charge in [0.15, 0.2) is 5.84 Å². The Balaban J connectivity index is 2.87. The number of carbonyl (C=O) groups is 1. The van der Waals surface area contributed by atoms with Crippen molar-refractivity contribution in [2.45, 2.75) is 19.8 Å². The van der Waals surface area contributed by atoms with Crippen molar-refractivity contribution >= 4 is 11.9 Å². The molecule has 1 heterocycles. The number of pyridine rings is 1. The van der Waals surface area contributed by atoms with E-state index < -0.39 is 6.09 Å². The maximum atomic E-state index is 10.4. The number of aromatic nitrogens is 1. The molecule has 0 spiro atoms. The van der Waals surface area contributed by atoms with Crippen LogP contribution in [0.2, 0.25) is 0 Å². The second kappa shape index (κ2) is 6.47. The van der Waals surface area contributed by atoms with Crippen molar-refractivity contribution in [2.24, 2.45) is 10.7 Å². The summed E-state index contributed by atoms with van der Waals surface area (Å²) in [5.41, 5.74) is 5.78. The van der Waals surface area contributed by atoms with Gasteiger partial charge in [-0.05, 0) is 18.6 Å². The molecule has 0 saturated carbocycles. The highest BCUT2D eigenvalue weighted by molar-refractivity contribution is 6.02. The van der Waals surface area contributed by atoms with Gasteiger partial charge < -0.3 is 15.6 Å². The first-order valence-electron chi connectivity index (χ1n) is 5.30. The van der Waals surface area contributed by atoms with Crippen LogP contribution in [-0.4, -0.2) is 28.6 Å². The molecule has 0 atom stereocenters. The molecule has 0 aliphatic rings. The molecule has 92 valence electrons. The lowest BCUT2D eigenvalue weighted by atomic mass is 10.3. The lowest BCUT2D eigenvalue weighted by molar-refractivity contribution is 0.205. The Hall–Kier alpha value is -2.11. The van der Waals surface area contributed by atoms with Crippen LogP contribution in [0.3, 0.4) is 0 Å². The molecule has 0 aliphatic carbocycles. The van der Waals surface area contributed by atoms with Crippen molar-refractivity contribution in [1.29, 1.82) is 0 Å². The minimum Gasteiger partial charge on any atom is -0.491 e. The zero-order valence-electron chi connectivity index (χ0n) is 9.59. The summed E-state index contributed by atoms with van der Waals surface area (Å²) < 4.78 is 5.46. The minimum atomic E-state index is -1.35. The van der Waals surface area contributed by atoms with Gasteiger partial charge in [-0.15, -0.1) is 0 Å². The van der Waals surface area contributed by atoms with Crippen LogP contribution >= 0.6 is 0 Å². The summed E-state index contributed by atoms with van der Waals surface area (Å²) in [5, 5.41) is 8.51.